The van der Waals surface area contributed by atoms with Crippen LogP contribution in [0.25, 0.3) is 0 Å². The third-order valence-corrected chi connectivity index (χ3v) is 3.31. The van der Waals surface area contributed by atoms with E-state index in [0.29, 0.717) is 17.0 Å². The molecule has 0 aliphatic rings. The fourth-order valence-electron chi connectivity index (χ4n) is 1.46. The van der Waals surface area contributed by atoms with Crippen LogP contribution in [-0.4, -0.2) is 24.5 Å². The third kappa shape index (κ3) is 4.18. The van der Waals surface area contributed by atoms with Crippen LogP contribution >= 0.6 is 11.3 Å². The Morgan fingerprint density at radius 2 is 2.32 bits per heavy atom. The molecule has 5 nitrogen and oxygen atoms in total. The van der Waals surface area contributed by atoms with Crippen molar-refractivity contribution in [1.29, 1.82) is 0 Å². The van der Waals surface area contributed by atoms with Crippen molar-refractivity contribution in [2.75, 3.05) is 11.9 Å². The summed E-state index contributed by atoms with van der Waals surface area (Å²) in [5.74, 6) is -0.785. The second-order valence-corrected chi connectivity index (χ2v) is 5.20. The smallest absolute Gasteiger partial charge is 0.341 e. The van der Waals surface area contributed by atoms with Crippen LogP contribution in [0.4, 0.5) is 5.00 Å². The van der Waals surface area contributed by atoms with Crippen LogP contribution in [0.5, 0.6) is 0 Å². The minimum absolute atomic E-state index is 0.289. The molecule has 1 rings (SSSR count). The molecule has 1 aromatic rings. The van der Waals surface area contributed by atoms with Crippen LogP contribution in [0.3, 0.4) is 0 Å². The first-order valence-corrected chi connectivity index (χ1v) is 6.76. The number of anilines is 1. The highest BCUT2D eigenvalue weighted by Gasteiger charge is 2.20. The molecule has 0 fully saturated rings. The van der Waals surface area contributed by atoms with Gasteiger partial charge in [0.05, 0.1) is 18.2 Å². The summed E-state index contributed by atoms with van der Waals surface area (Å²) in [4.78, 5) is 24.5. The quantitative estimate of drug-likeness (QED) is 0.618. The first-order chi connectivity index (χ1) is 8.99. The van der Waals surface area contributed by atoms with E-state index in [1.165, 1.54) is 11.3 Å². The summed E-state index contributed by atoms with van der Waals surface area (Å²) in [6, 6.07) is 1.02. The van der Waals surface area contributed by atoms with Gasteiger partial charge < -0.3 is 15.8 Å². The number of ether oxygens (including phenoxy) is 1. The van der Waals surface area contributed by atoms with Gasteiger partial charge in [-0.05, 0) is 26.3 Å². The molecule has 1 aromatic heterocycles. The average molecular weight is 282 g/mol. The number of hydrogen-bond donors (Lipinski definition) is 2. The monoisotopic (exact) mass is 282 g/mol. The molecule has 0 radical (unpaired) electrons. The van der Waals surface area contributed by atoms with E-state index in [1.54, 1.807) is 19.1 Å². The molecule has 0 aliphatic carbocycles. The molecule has 0 aliphatic heterocycles. The Morgan fingerprint density at radius 3 is 2.89 bits per heavy atom. The molecule has 1 unspecified atom stereocenters. The van der Waals surface area contributed by atoms with Crippen LogP contribution in [0, 0.1) is 6.92 Å². The van der Waals surface area contributed by atoms with Gasteiger partial charge in [0.1, 0.15) is 5.00 Å². The van der Waals surface area contributed by atoms with Crippen molar-refractivity contribution < 1.29 is 14.3 Å². The summed E-state index contributed by atoms with van der Waals surface area (Å²) in [6.45, 7) is 7.41. The van der Waals surface area contributed by atoms with Crippen molar-refractivity contribution in [3.8, 4) is 0 Å². The van der Waals surface area contributed by atoms with Gasteiger partial charge in [-0.15, -0.1) is 17.9 Å². The molecule has 1 amide bonds. The molecule has 0 saturated carbocycles. The number of amides is 1. The van der Waals surface area contributed by atoms with Crippen molar-refractivity contribution in [3.05, 3.63) is 29.2 Å². The summed E-state index contributed by atoms with van der Waals surface area (Å²) < 4.78 is 4.94. The molecule has 19 heavy (non-hydrogen) atoms. The first kappa shape index (κ1) is 15.4. The van der Waals surface area contributed by atoms with Gasteiger partial charge in [0.15, 0.2) is 0 Å². The highest BCUT2D eigenvalue weighted by atomic mass is 32.1. The van der Waals surface area contributed by atoms with Crippen molar-refractivity contribution >= 4 is 28.2 Å². The second-order valence-electron chi connectivity index (χ2n) is 3.94. The van der Waals surface area contributed by atoms with E-state index in [-0.39, 0.29) is 12.5 Å². The van der Waals surface area contributed by atoms with Gasteiger partial charge >= 0.3 is 5.97 Å². The Kier molecular flexibility index (Phi) is 5.72. The number of rotatable bonds is 6. The van der Waals surface area contributed by atoms with E-state index in [9.17, 15) is 9.59 Å². The molecule has 0 bridgehead atoms. The summed E-state index contributed by atoms with van der Waals surface area (Å²) in [6.07, 6.45) is 1.96. The predicted molar refractivity (Wildman–Crippen MR) is 76.4 cm³/mol. The number of esters is 1. The molecule has 6 heteroatoms. The number of carbonyl (C=O) groups excluding carboxylic acids is 2. The molecule has 1 heterocycles. The number of carbonyl (C=O) groups is 2. The molecule has 1 atom stereocenters. The lowest BCUT2D eigenvalue weighted by atomic mass is 10.2. The number of hydrogen-bond acceptors (Lipinski definition) is 5. The van der Waals surface area contributed by atoms with Crippen LogP contribution in [0.2, 0.25) is 0 Å². The van der Waals surface area contributed by atoms with Gasteiger partial charge in [0.2, 0.25) is 5.91 Å². The topological polar surface area (TPSA) is 81.4 Å². The lowest BCUT2D eigenvalue weighted by Gasteiger charge is -2.10. The van der Waals surface area contributed by atoms with Crippen molar-refractivity contribution in [1.82, 2.24) is 0 Å². The Balaban J connectivity index is 2.86. The van der Waals surface area contributed by atoms with Crippen molar-refractivity contribution in [2.24, 2.45) is 5.73 Å². The molecular formula is C13H18N2O3S. The van der Waals surface area contributed by atoms with E-state index in [2.05, 4.69) is 11.9 Å². The van der Waals surface area contributed by atoms with Gasteiger partial charge in [-0.2, -0.15) is 0 Å². The maximum Gasteiger partial charge on any atom is 0.341 e. The van der Waals surface area contributed by atoms with E-state index in [4.69, 9.17) is 10.5 Å². The zero-order valence-corrected chi connectivity index (χ0v) is 11.9. The second kappa shape index (κ2) is 7.06. The standard InChI is InChI=1S/C13H18N2O3S/c1-4-6-10(14)11(16)15-12-9(7-8(3)19-12)13(17)18-5-2/h4,7,10H,1,5-6,14H2,2-3H3,(H,15,16). The van der Waals surface area contributed by atoms with Crippen LogP contribution < -0.4 is 11.1 Å². The largest absolute Gasteiger partial charge is 0.462 e. The predicted octanol–water partition coefficient (Wildman–Crippen LogP) is 2.08. The van der Waals surface area contributed by atoms with Gasteiger partial charge in [0.25, 0.3) is 0 Å². The summed E-state index contributed by atoms with van der Waals surface area (Å²) in [5, 5.41) is 3.13. The highest BCUT2D eigenvalue weighted by Crippen LogP contribution is 2.28. The Labute approximate surface area is 116 Å². The molecule has 0 spiro atoms. The highest BCUT2D eigenvalue weighted by molar-refractivity contribution is 7.16. The Bertz CT molecular complexity index is 482. The summed E-state index contributed by atoms with van der Waals surface area (Å²) >= 11 is 1.32. The van der Waals surface area contributed by atoms with E-state index in [0.717, 1.165) is 4.88 Å². The fraction of sp³-hybridized carbons (Fsp3) is 0.385. The fourth-order valence-corrected chi connectivity index (χ4v) is 2.36. The van der Waals surface area contributed by atoms with Crippen LogP contribution in [0.1, 0.15) is 28.6 Å². The maximum atomic E-state index is 11.8. The molecular weight excluding hydrogens is 264 g/mol. The zero-order chi connectivity index (χ0) is 14.4. The van der Waals surface area contributed by atoms with Crippen molar-refractivity contribution in [3.63, 3.8) is 0 Å². The first-order valence-electron chi connectivity index (χ1n) is 5.94. The van der Waals surface area contributed by atoms with Crippen LogP contribution in [0.15, 0.2) is 18.7 Å². The zero-order valence-electron chi connectivity index (χ0n) is 11.1. The van der Waals surface area contributed by atoms with Gasteiger partial charge in [-0.1, -0.05) is 6.08 Å². The Hall–Kier alpha value is -1.66. The number of nitrogens with one attached hydrogen (secondary N) is 1. The minimum Gasteiger partial charge on any atom is -0.462 e. The van der Waals surface area contributed by atoms with Crippen molar-refractivity contribution in [2.45, 2.75) is 26.3 Å². The van der Waals surface area contributed by atoms with Crippen LogP contribution in [-0.2, 0) is 9.53 Å². The van der Waals surface area contributed by atoms with E-state index in [1.807, 2.05) is 6.92 Å². The summed E-state index contributed by atoms with van der Waals surface area (Å²) in [5.41, 5.74) is 6.04. The van der Waals surface area contributed by atoms with E-state index >= 15 is 0 Å². The van der Waals surface area contributed by atoms with Gasteiger partial charge in [-0.3, -0.25) is 4.79 Å². The van der Waals surface area contributed by atoms with E-state index < -0.39 is 12.0 Å². The maximum absolute atomic E-state index is 11.8. The lowest BCUT2D eigenvalue weighted by Crippen LogP contribution is -2.35. The molecule has 0 saturated heterocycles. The molecule has 3 N–H and O–H groups in total. The summed E-state index contributed by atoms with van der Waals surface area (Å²) in [7, 11) is 0. The van der Waals surface area contributed by atoms with Gasteiger partial charge in [0, 0.05) is 4.88 Å². The molecule has 104 valence electrons. The average Bonchev–Trinajstić information content (AvgIpc) is 2.71. The third-order valence-electron chi connectivity index (χ3n) is 2.34. The molecule has 0 aromatic carbocycles. The number of thiophene rings is 1. The number of nitrogens with two attached hydrogens (primary N) is 1. The number of aryl methyl sites for hydroxylation is 1. The normalized spacial score (nSPS) is 11.7. The SMILES string of the molecule is C=CCC(N)C(=O)Nc1sc(C)cc1C(=O)OCC. The Morgan fingerprint density at radius 1 is 1.63 bits per heavy atom. The lowest BCUT2D eigenvalue weighted by molar-refractivity contribution is -0.117. The minimum atomic E-state index is -0.671. The van der Waals surface area contributed by atoms with Gasteiger partial charge in [-0.25, -0.2) is 4.79 Å².